The van der Waals surface area contributed by atoms with Crippen molar-refractivity contribution in [3.8, 4) is 0 Å². The molecule has 3 fully saturated rings. The Balaban J connectivity index is 1.63. The van der Waals surface area contributed by atoms with E-state index < -0.39 is 5.60 Å². The highest BCUT2D eigenvalue weighted by Crippen LogP contribution is 2.65. The number of aliphatic hydroxyl groups is 1. The van der Waals surface area contributed by atoms with E-state index in [9.17, 15) is 9.90 Å². The van der Waals surface area contributed by atoms with Gasteiger partial charge in [0.15, 0.2) is 5.78 Å². The number of hydrogen-bond donors (Lipinski definition) is 1. The van der Waals surface area contributed by atoms with Crippen molar-refractivity contribution < 1.29 is 9.90 Å². The Morgan fingerprint density at radius 1 is 1.14 bits per heavy atom. The maximum atomic E-state index is 11.7. The van der Waals surface area contributed by atoms with Gasteiger partial charge >= 0.3 is 0 Å². The van der Waals surface area contributed by atoms with E-state index >= 15 is 0 Å². The van der Waals surface area contributed by atoms with Crippen molar-refractivity contribution in [3.63, 3.8) is 0 Å². The topological polar surface area (TPSA) is 37.3 Å². The largest absolute Gasteiger partial charge is 0.389 e. The average Bonchev–Trinajstić information content (AvgIpc) is 2.79. The lowest BCUT2D eigenvalue weighted by Gasteiger charge is -2.55. The van der Waals surface area contributed by atoms with Gasteiger partial charge < -0.3 is 5.11 Å². The molecule has 6 atom stereocenters. The Morgan fingerprint density at radius 2 is 1.95 bits per heavy atom. The van der Waals surface area contributed by atoms with Crippen LogP contribution in [0, 0.1) is 29.1 Å². The molecule has 0 spiro atoms. The number of allylic oxidation sites excluding steroid dienone is 1. The molecule has 2 heteroatoms. The van der Waals surface area contributed by atoms with Gasteiger partial charge in [-0.2, -0.15) is 0 Å². The lowest BCUT2D eigenvalue weighted by Crippen LogP contribution is -2.52. The third kappa shape index (κ3) is 1.85. The van der Waals surface area contributed by atoms with Crippen LogP contribution in [0.5, 0.6) is 0 Å². The molecule has 3 unspecified atom stereocenters. The van der Waals surface area contributed by atoms with E-state index in [4.69, 9.17) is 0 Å². The number of hydrogen-bond acceptors (Lipinski definition) is 2. The number of fused-ring (bicyclic) bond motifs is 5. The van der Waals surface area contributed by atoms with Gasteiger partial charge in [0, 0.05) is 6.42 Å². The van der Waals surface area contributed by atoms with Gasteiger partial charge in [-0.25, -0.2) is 0 Å². The molecule has 4 aliphatic rings. The van der Waals surface area contributed by atoms with Crippen molar-refractivity contribution in [2.45, 2.75) is 77.2 Å². The second-order valence-electron chi connectivity index (χ2n) is 8.68. The molecule has 0 aromatic rings. The maximum Gasteiger partial charge on any atom is 0.155 e. The monoisotopic (exact) mass is 302 g/mol. The molecule has 22 heavy (non-hydrogen) atoms. The zero-order valence-electron chi connectivity index (χ0n) is 14.1. The van der Waals surface area contributed by atoms with E-state index in [0.717, 1.165) is 43.9 Å². The normalized spacial score (nSPS) is 50.9. The molecule has 3 saturated carbocycles. The van der Waals surface area contributed by atoms with Crippen LogP contribution >= 0.6 is 0 Å². The fraction of sp³-hybridized carbons (Fsp3) is 0.850. The molecular weight excluding hydrogens is 272 g/mol. The van der Waals surface area contributed by atoms with Gasteiger partial charge in [-0.3, -0.25) is 4.79 Å². The zero-order valence-corrected chi connectivity index (χ0v) is 14.1. The van der Waals surface area contributed by atoms with E-state index in [1.165, 1.54) is 31.3 Å². The molecule has 0 aromatic heterocycles. The molecule has 0 heterocycles. The molecule has 0 radical (unpaired) electrons. The van der Waals surface area contributed by atoms with Crippen LogP contribution in [-0.2, 0) is 4.79 Å². The van der Waals surface area contributed by atoms with E-state index in [2.05, 4.69) is 13.8 Å². The van der Waals surface area contributed by atoms with Gasteiger partial charge in [0.1, 0.15) is 0 Å². The van der Waals surface area contributed by atoms with Gasteiger partial charge in [-0.05, 0) is 86.5 Å². The third-order valence-corrected chi connectivity index (χ3v) is 8.21. The molecular formula is C20H30O2. The Bertz CT molecular complexity index is 522. The predicted molar refractivity (Wildman–Crippen MR) is 87.3 cm³/mol. The van der Waals surface area contributed by atoms with Gasteiger partial charge in [-0.1, -0.05) is 19.4 Å². The highest BCUT2D eigenvalue weighted by atomic mass is 16.3. The standard InChI is InChI=1S/C20H30O2/c1-3-20(22)11-9-18-17-6-4-13-12-14(21)5-7-15(13)16(17)8-10-19(18,20)2/h12,15-18,22H,3-11H2,1-2H3/t15-,16?,17?,18?,19-,20-/m0/s1. The number of carbonyl (C=O) groups excluding carboxylic acids is 1. The predicted octanol–water partition coefficient (Wildman–Crippen LogP) is 4.27. The molecule has 0 aliphatic heterocycles. The summed E-state index contributed by atoms with van der Waals surface area (Å²) in [7, 11) is 0. The lowest BCUT2D eigenvalue weighted by atomic mass is 9.50. The number of rotatable bonds is 1. The highest BCUT2D eigenvalue weighted by Gasteiger charge is 2.61. The minimum atomic E-state index is -0.429. The summed E-state index contributed by atoms with van der Waals surface area (Å²) < 4.78 is 0. The number of carbonyl (C=O) groups is 1. The molecule has 1 N–H and O–H groups in total. The SMILES string of the molecule is CC[C@]1(O)CCC2C3CCC4=CC(=O)CC[C@@H]4C3CC[C@@]21C. The van der Waals surface area contributed by atoms with Crippen molar-refractivity contribution in [1.82, 2.24) is 0 Å². The fourth-order valence-corrected chi connectivity index (χ4v) is 6.87. The summed E-state index contributed by atoms with van der Waals surface area (Å²) in [4.78, 5) is 11.7. The van der Waals surface area contributed by atoms with Crippen molar-refractivity contribution in [2.75, 3.05) is 0 Å². The summed E-state index contributed by atoms with van der Waals surface area (Å²) in [5.41, 5.74) is 1.17. The first-order valence-corrected chi connectivity index (χ1v) is 9.44. The first kappa shape index (κ1) is 14.9. The van der Waals surface area contributed by atoms with Crippen molar-refractivity contribution in [2.24, 2.45) is 29.1 Å². The summed E-state index contributed by atoms with van der Waals surface area (Å²) in [5, 5.41) is 11.2. The Labute approximate surface area is 134 Å². The van der Waals surface area contributed by atoms with Crippen LogP contribution in [0.25, 0.3) is 0 Å². The Morgan fingerprint density at radius 3 is 2.73 bits per heavy atom. The molecule has 0 amide bonds. The summed E-state index contributed by atoms with van der Waals surface area (Å²) in [6, 6.07) is 0. The number of ketones is 1. The molecule has 4 aliphatic carbocycles. The van der Waals surface area contributed by atoms with Crippen LogP contribution in [-0.4, -0.2) is 16.5 Å². The van der Waals surface area contributed by atoms with E-state index in [0.29, 0.717) is 17.6 Å². The van der Waals surface area contributed by atoms with Gasteiger partial charge in [0.25, 0.3) is 0 Å². The van der Waals surface area contributed by atoms with Crippen LogP contribution in [0.15, 0.2) is 11.6 Å². The maximum absolute atomic E-state index is 11.7. The van der Waals surface area contributed by atoms with Crippen LogP contribution in [0.3, 0.4) is 0 Å². The molecule has 2 nitrogen and oxygen atoms in total. The van der Waals surface area contributed by atoms with Crippen LogP contribution < -0.4 is 0 Å². The minimum absolute atomic E-state index is 0.134. The second-order valence-corrected chi connectivity index (χ2v) is 8.68. The molecule has 122 valence electrons. The summed E-state index contributed by atoms with van der Waals surface area (Å²) in [5.74, 6) is 3.30. The van der Waals surface area contributed by atoms with Gasteiger partial charge in [-0.15, -0.1) is 0 Å². The summed E-state index contributed by atoms with van der Waals surface area (Å²) >= 11 is 0. The quantitative estimate of drug-likeness (QED) is 0.785. The summed E-state index contributed by atoms with van der Waals surface area (Å²) in [6.07, 6.45) is 11.8. The fourth-order valence-electron chi connectivity index (χ4n) is 6.87. The zero-order chi connectivity index (χ0) is 15.5. The minimum Gasteiger partial charge on any atom is -0.389 e. The summed E-state index contributed by atoms with van der Waals surface area (Å²) in [6.45, 7) is 4.54. The van der Waals surface area contributed by atoms with Crippen molar-refractivity contribution in [1.29, 1.82) is 0 Å². The first-order chi connectivity index (χ1) is 10.5. The molecule has 4 rings (SSSR count). The average molecular weight is 302 g/mol. The van der Waals surface area contributed by atoms with Crippen molar-refractivity contribution >= 4 is 5.78 Å². The first-order valence-electron chi connectivity index (χ1n) is 9.44. The third-order valence-electron chi connectivity index (χ3n) is 8.21. The van der Waals surface area contributed by atoms with Gasteiger partial charge in [0.05, 0.1) is 5.60 Å². The molecule has 0 bridgehead atoms. The molecule has 0 aromatic carbocycles. The Kier molecular flexibility index (Phi) is 3.35. The van der Waals surface area contributed by atoms with Gasteiger partial charge in [0.2, 0.25) is 0 Å². The van der Waals surface area contributed by atoms with Crippen molar-refractivity contribution in [3.05, 3.63) is 11.6 Å². The lowest BCUT2D eigenvalue weighted by molar-refractivity contribution is -0.122. The second kappa shape index (κ2) is 4.93. The van der Waals surface area contributed by atoms with Crippen LogP contribution in [0.1, 0.15) is 71.6 Å². The van der Waals surface area contributed by atoms with E-state index in [-0.39, 0.29) is 5.41 Å². The Hall–Kier alpha value is -0.630. The van der Waals surface area contributed by atoms with E-state index in [1.807, 2.05) is 6.08 Å². The van der Waals surface area contributed by atoms with Crippen LogP contribution in [0.4, 0.5) is 0 Å². The van der Waals surface area contributed by atoms with Crippen LogP contribution in [0.2, 0.25) is 0 Å². The molecule has 0 saturated heterocycles. The highest BCUT2D eigenvalue weighted by molar-refractivity contribution is 5.91. The smallest absolute Gasteiger partial charge is 0.155 e. The van der Waals surface area contributed by atoms with E-state index in [1.54, 1.807) is 0 Å².